The van der Waals surface area contributed by atoms with E-state index >= 15 is 0 Å². The van der Waals surface area contributed by atoms with Gasteiger partial charge in [-0.25, -0.2) is 9.97 Å². The summed E-state index contributed by atoms with van der Waals surface area (Å²) in [5.74, 6) is 2.19. The highest BCUT2D eigenvalue weighted by atomic mass is 16.5. The van der Waals surface area contributed by atoms with Crippen molar-refractivity contribution in [2.75, 3.05) is 51.2 Å². The summed E-state index contributed by atoms with van der Waals surface area (Å²) in [6, 6.07) is 1.89. The predicted molar refractivity (Wildman–Crippen MR) is 80.6 cm³/mol. The van der Waals surface area contributed by atoms with Crippen molar-refractivity contribution in [1.29, 1.82) is 0 Å². The van der Waals surface area contributed by atoms with E-state index in [2.05, 4.69) is 20.6 Å². The van der Waals surface area contributed by atoms with Crippen LogP contribution in [0.2, 0.25) is 0 Å². The highest BCUT2D eigenvalue weighted by Gasteiger charge is 2.34. The molecule has 0 saturated carbocycles. The molecule has 21 heavy (non-hydrogen) atoms. The molecule has 0 bridgehead atoms. The van der Waals surface area contributed by atoms with Crippen molar-refractivity contribution < 1.29 is 14.2 Å². The monoisotopic (exact) mass is 296 g/mol. The first-order valence-electron chi connectivity index (χ1n) is 7.19. The highest BCUT2D eigenvalue weighted by molar-refractivity contribution is 5.47. The number of anilines is 2. The maximum Gasteiger partial charge on any atom is 0.158 e. The second-order valence-corrected chi connectivity index (χ2v) is 5.06. The molecule has 1 aromatic rings. The van der Waals surface area contributed by atoms with Crippen LogP contribution in [-0.2, 0) is 20.8 Å². The SMILES string of the molecule is CCNc1cc(NCC2(OC)CCOC2)nc(COC)n1. The minimum atomic E-state index is -0.273. The number of ether oxygens (including phenoxy) is 3. The Balaban J connectivity index is 2.07. The summed E-state index contributed by atoms with van der Waals surface area (Å²) in [4.78, 5) is 8.84. The molecule has 7 nitrogen and oxygen atoms in total. The molecular weight excluding hydrogens is 272 g/mol. The van der Waals surface area contributed by atoms with Crippen LogP contribution < -0.4 is 10.6 Å². The van der Waals surface area contributed by atoms with Crippen molar-refractivity contribution >= 4 is 11.6 Å². The number of methoxy groups -OCH3 is 2. The molecular formula is C14H24N4O3. The minimum absolute atomic E-state index is 0.273. The van der Waals surface area contributed by atoms with E-state index in [0.29, 0.717) is 25.6 Å². The number of hydrogen-bond donors (Lipinski definition) is 2. The van der Waals surface area contributed by atoms with Crippen molar-refractivity contribution in [1.82, 2.24) is 9.97 Å². The topological polar surface area (TPSA) is 77.5 Å². The van der Waals surface area contributed by atoms with Crippen molar-refractivity contribution in [2.45, 2.75) is 25.6 Å². The fraction of sp³-hybridized carbons (Fsp3) is 0.714. The largest absolute Gasteiger partial charge is 0.378 e. The summed E-state index contributed by atoms with van der Waals surface area (Å²) in [6.07, 6.45) is 0.882. The van der Waals surface area contributed by atoms with Crippen molar-refractivity contribution in [3.05, 3.63) is 11.9 Å². The van der Waals surface area contributed by atoms with Gasteiger partial charge in [-0.2, -0.15) is 0 Å². The van der Waals surface area contributed by atoms with Crippen molar-refractivity contribution in [3.8, 4) is 0 Å². The fourth-order valence-electron chi connectivity index (χ4n) is 2.27. The van der Waals surface area contributed by atoms with Gasteiger partial charge in [-0.1, -0.05) is 0 Å². The maximum atomic E-state index is 5.60. The van der Waals surface area contributed by atoms with E-state index in [1.165, 1.54) is 0 Å². The lowest BCUT2D eigenvalue weighted by molar-refractivity contribution is -0.00626. The Morgan fingerprint density at radius 3 is 2.62 bits per heavy atom. The molecule has 2 heterocycles. The molecule has 1 aliphatic heterocycles. The van der Waals surface area contributed by atoms with E-state index in [0.717, 1.165) is 31.2 Å². The first-order valence-corrected chi connectivity index (χ1v) is 7.19. The van der Waals surface area contributed by atoms with Crippen LogP contribution in [0.25, 0.3) is 0 Å². The molecule has 0 radical (unpaired) electrons. The zero-order valence-corrected chi connectivity index (χ0v) is 12.9. The molecule has 118 valence electrons. The Morgan fingerprint density at radius 1 is 1.29 bits per heavy atom. The van der Waals surface area contributed by atoms with Gasteiger partial charge in [0.15, 0.2) is 5.82 Å². The van der Waals surface area contributed by atoms with Gasteiger partial charge in [0, 0.05) is 46.4 Å². The molecule has 2 rings (SSSR count). The second kappa shape index (κ2) is 7.53. The lowest BCUT2D eigenvalue weighted by atomic mass is 10.0. The number of nitrogens with zero attached hydrogens (tertiary/aromatic N) is 2. The minimum Gasteiger partial charge on any atom is -0.378 e. The Morgan fingerprint density at radius 2 is 2.05 bits per heavy atom. The van der Waals surface area contributed by atoms with E-state index in [1.807, 2.05) is 13.0 Å². The van der Waals surface area contributed by atoms with Crippen LogP contribution in [0.3, 0.4) is 0 Å². The fourth-order valence-corrected chi connectivity index (χ4v) is 2.27. The molecule has 1 saturated heterocycles. The average Bonchev–Trinajstić information content (AvgIpc) is 2.95. The summed E-state index contributed by atoms with van der Waals surface area (Å²) < 4.78 is 16.1. The second-order valence-electron chi connectivity index (χ2n) is 5.06. The van der Waals surface area contributed by atoms with Crippen LogP contribution in [0.1, 0.15) is 19.2 Å². The van der Waals surface area contributed by atoms with Gasteiger partial charge in [0.2, 0.25) is 0 Å². The molecule has 1 atom stereocenters. The number of nitrogens with one attached hydrogen (secondary N) is 2. The highest BCUT2D eigenvalue weighted by Crippen LogP contribution is 2.23. The van der Waals surface area contributed by atoms with Gasteiger partial charge in [0.05, 0.1) is 6.61 Å². The van der Waals surface area contributed by atoms with Crippen LogP contribution in [0, 0.1) is 0 Å². The van der Waals surface area contributed by atoms with Crippen LogP contribution in [0.4, 0.5) is 11.6 Å². The zero-order valence-electron chi connectivity index (χ0n) is 12.9. The van der Waals surface area contributed by atoms with Gasteiger partial charge >= 0.3 is 0 Å². The summed E-state index contributed by atoms with van der Waals surface area (Å²) in [7, 11) is 3.35. The number of aromatic nitrogens is 2. The van der Waals surface area contributed by atoms with Gasteiger partial charge in [-0.15, -0.1) is 0 Å². The van der Waals surface area contributed by atoms with E-state index in [-0.39, 0.29) is 5.60 Å². The summed E-state index contributed by atoms with van der Waals surface area (Å²) in [5, 5.41) is 6.52. The summed E-state index contributed by atoms with van der Waals surface area (Å²) in [6.45, 7) is 5.20. The quantitative estimate of drug-likeness (QED) is 0.748. The van der Waals surface area contributed by atoms with E-state index in [4.69, 9.17) is 14.2 Å². The smallest absolute Gasteiger partial charge is 0.158 e. The van der Waals surface area contributed by atoms with Crippen LogP contribution in [0.5, 0.6) is 0 Å². The Bertz CT molecular complexity index is 426. The molecule has 0 aromatic carbocycles. The number of hydrogen-bond acceptors (Lipinski definition) is 7. The zero-order chi connectivity index (χ0) is 15.1. The average molecular weight is 296 g/mol. The van der Waals surface area contributed by atoms with E-state index in [1.54, 1.807) is 14.2 Å². The lowest BCUT2D eigenvalue weighted by Gasteiger charge is -2.26. The molecule has 1 aromatic heterocycles. The first kappa shape index (κ1) is 15.9. The van der Waals surface area contributed by atoms with Gasteiger partial charge in [0.25, 0.3) is 0 Å². The standard InChI is InChI=1S/C14H24N4O3/c1-4-15-11-7-12(18-13(17-11)8-19-2)16-9-14(20-3)5-6-21-10-14/h7H,4-6,8-10H2,1-3H3,(H2,15,16,17,18). The van der Waals surface area contributed by atoms with Crippen LogP contribution >= 0.6 is 0 Å². The maximum absolute atomic E-state index is 5.60. The number of rotatable bonds is 8. The van der Waals surface area contributed by atoms with Crippen LogP contribution in [0.15, 0.2) is 6.07 Å². The predicted octanol–water partition coefficient (Wildman–Crippen LogP) is 1.27. The van der Waals surface area contributed by atoms with Gasteiger partial charge in [0.1, 0.15) is 23.8 Å². The van der Waals surface area contributed by atoms with Crippen molar-refractivity contribution in [3.63, 3.8) is 0 Å². The molecule has 1 unspecified atom stereocenters. The Labute approximate surface area is 125 Å². The molecule has 2 N–H and O–H groups in total. The normalized spacial score (nSPS) is 21.5. The van der Waals surface area contributed by atoms with Gasteiger partial charge < -0.3 is 24.8 Å². The summed E-state index contributed by atoms with van der Waals surface area (Å²) >= 11 is 0. The van der Waals surface area contributed by atoms with Crippen molar-refractivity contribution in [2.24, 2.45) is 0 Å². The third kappa shape index (κ3) is 4.26. The Hall–Kier alpha value is -1.44. The third-order valence-corrected chi connectivity index (χ3v) is 3.50. The molecule has 0 aliphatic carbocycles. The Kier molecular flexibility index (Phi) is 5.72. The van der Waals surface area contributed by atoms with E-state index in [9.17, 15) is 0 Å². The van der Waals surface area contributed by atoms with E-state index < -0.39 is 0 Å². The molecule has 7 heteroatoms. The van der Waals surface area contributed by atoms with Crippen LogP contribution in [-0.4, -0.2) is 56.1 Å². The summed E-state index contributed by atoms with van der Waals surface area (Å²) in [5.41, 5.74) is -0.273. The molecule has 0 amide bonds. The molecule has 0 spiro atoms. The van der Waals surface area contributed by atoms with Gasteiger partial charge in [-0.05, 0) is 6.92 Å². The molecule has 1 fully saturated rings. The lowest BCUT2D eigenvalue weighted by Crippen LogP contribution is -2.39. The third-order valence-electron chi connectivity index (χ3n) is 3.50. The first-order chi connectivity index (χ1) is 10.2. The molecule has 1 aliphatic rings. The van der Waals surface area contributed by atoms with Gasteiger partial charge in [-0.3, -0.25) is 0 Å².